The van der Waals surface area contributed by atoms with Crippen LogP contribution in [-0.2, 0) is 11.3 Å². The summed E-state index contributed by atoms with van der Waals surface area (Å²) in [5.74, 6) is 2.13. The molecule has 152 valence electrons. The molecule has 0 aromatic heterocycles. The van der Waals surface area contributed by atoms with Gasteiger partial charge in [0.1, 0.15) is 0 Å². The molecule has 0 radical (unpaired) electrons. The Morgan fingerprint density at radius 2 is 1.96 bits per heavy atom. The zero-order chi connectivity index (χ0) is 19.2. The van der Waals surface area contributed by atoms with E-state index in [-0.39, 0.29) is 40.5 Å². The van der Waals surface area contributed by atoms with E-state index in [2.05, 4.69) is 36.3 Å². The van der Waals surface area contributed by atoms with Gasteiger partial charge >= 0.3 is 0 Å². The van der Waals surface area contributed by atoms with Gasteiger partial charge in [0.2, 0.25) is 5.91 Å². The SMILES string of the molecule is CCNC(=NCc1ccc(NC(=O)C(C)C)cc1)N1CCSC(C)(C)C1.I. The van der Waals surface area contributed by atoms with E-state index in [1.54, 1.807) is 0 Å². The minimum absolute atomic E-state index is 0. The molecule has 1 aromatic carbocycles. The molecular weight excluding hydrogens is 471 g/mol. The van der Waals surface area contributed by atoms with Crippen LogP contribution in [0.25, 0.3) is 0 Å². The van der Waals surface area contributed by atoms with Crippen LogP contribution in [0.5, 0.6) is 0 Å². The Kier molecular flexibility index (Phi) is 9.94. The first-order chi connectivity index (χ1) is 12.3. The van der Waals surface area contributed by atoms with Crippen LogP contribution in [-0.4, -0.2) is 46.9 Å². The first kappa shape index (κ1) is 24.1. The van der Waals surface area contributed by atoms with Crippen LogP contribution in [0.2, 0.25) is 0 Å². The van der Waals surface area contributed by atoms with Crippen molar-refractivity contribution in [3.05, 3.63) is 29.8 Å². The van der Waals surface area contributed by atoms with E-state index >= 15 is 0 Å². The van der Waals surface area contributed by atoms with E-state index in [1.165, 1.54) is 0 Å². The number of anilines is 1. The number of rotatable bonds is 5. The molecule has 1 heterocycles. The molecule has 7 heteroatoms. The zero-order valence-corrected chi connectivity index (χ0v) is 20.2. The number of carbonyl (C=O) groups is 1. The zero-order valence-electron chi connectivity index (χ0n) is 17.0. The molecule has 1 fully saturated rings. The summed E-state index contributed by atoms with van der Waals surface area (Å²) >= 11 is 2.02. The Morgan fingerprint density at radius 1 is 1.30 bits per heavy atom. The number of nitrogens with zero attached hydrogens (tertiary/aromatic N) is 2. The summed E-state index contributed by atoms with van der Waals surface area (Å²) in [5, 5.41) is 6.34. The van der Waals surface area contributed by atoms with E-state index in [1.807, 2.05) is 49.9 Å². The third kappa shape index (κ3) is 7.89. The molecule has 2 N–H and O–H groups in total. The van der Waals surface area contributed by atoms with Crippen LogP contribution in [0.1, 0.15) is 40.2 Å². The highest BCUT2D eigenvalue weighted by Crippen LogP contribution is 2.29. The lowest BCUT2D eigenvalue weighted by Gasteiger charge is -2.39. The van der Waals surface area contributed by atoms with Crippen molar-refractivity contribution in [3.8, 4) is 0 Å². The Hall–Kier alpha value is -0.960. The highest BCUT2D eigenvalue weighted by atomic mass is 127. The largest absolute Gasteiger partial charge is 0.357 e. The number of thioether (sulfide) groups is 1. The van der Waals surface area contributed by atoms with Crippen molar-refractivity contribution in [3.63, 3.8) is 0 Å². The predicted octanol–water partition coefficient (Wildman–Crippen LogP) is 4.19. The van der Waals surface area contributed by atoms with Crippen LogP contribution in [0.4, 0.5) is 5.69 Å². The third-order valence-corrected chi connectivity index (χ3v) is 5.51. The van der Waals surface area contributed by atoms with E-state index in [4.69, 9.17) is 4.99 Å². The Balaban J connectivity index is 0.00000364. The number of guanidine groups is 1. The topological polar surface area (TPSA) is 56.7 Å². The number of nitrogens with one attached hydrogen (secondary N) is 2. The van der Waals surface area contributed by atoms with Gasteiger partial charge in [-0.15, -0.1) is 24.0 Å². The molecule has 0 saturated carbocycles. The van der Waals surface area contributed by atoms with Crippen LogP contribution in [0, 0.1) is 5.92 Å². The van der Waals surface area contributed by atoms with Gasteiger partial charge in [0.05, 0.1) is 6.54 Å². The first-order valence-corrected chi connectivity index (χ1v) is 10.4. The standard InChI is InChI=1S/C20H32N4OS.HI/c1-6-21-19(24-11-12-26-20(4,5)14-24)22-13-16-7-9-17(10-8-16)23-18(25)15(2)3;/h7-10,15H,6,11-14H2,1-5H3,(H,21,22)(H,23,25);1H. The second-order valence-corrected chi connectivity index (χ2v) is 9.34. The predicted molar refractivity (Wildman–Crippen MR) is 128 cm³/mol. The quantitative estimate of drug-likeness (QED) is 0.359. The lowest BCUT2D eigenvalue weighted by Crippen LogP contribution is -2.50. The van der Waals surface area contributed by atoms with Crippen molar-refractivity contribution in [2.75, 3.05) is 30.7 Å². The molecule has 1 aliphatic heterocycles. The number of hydrogen-bond acceptors (Lipinski definition) is 3. The van der Waals surface area contributed by atoms with Crippen molar-refractivity contribution in [2.45, 2.75) is 45.9 Å². The summed E-state index contributed by atoms with van der Waals surface area (Å²) in [6, 6.07) is 7.94. The fourth-order valence-corrected chi connectivity index (χ4v) is 3.88. The maximum atomic E-state index is 11.8. The van der Waals surface area contributed by atoms with Gasteiger partial charge in [0.15, 0.2) is 5.96 Å². The highest BCUT2D eigenvalue weighted by Gasteiger charge is 2.28. The fourth-order valence-electron chi connectivity index (χ4n) is 2.77. The molecular formula is C20H33IN4OS. The molecule has 1 aromatic rings. The lowest BCUT2D eigenvalue weighted by molar-refractivity contribution is -0.118. The average Bonchev–Trinajstić information content (AvgIpc) is 2.58. The summed E-state index contributed by atoms with van der Waals surface area (Å²) < 4.78 is 0.255. The van der Waals surface area contributed by atoms with Crippen LogP contribution in [0.15, 0.2) is 29.3 Å². The van der Waals surface area contributed by atoms with Gasteiger partial charge in [-0.05, 0) is 38.5 Å². The molecule has 1 aliphatic rings. The lowest BCUT2D eigenvalue weighted by atomic mass is 10.1. The summed E-state index contributed by atoms with van der Waals surface area (Å²) in [6.07, 6.45) is 0. The minimum atomic E-state index is -0.0195. The molecule has 0 unspecified atom stereocenters. The van der Waals surface area contributed by atoms with Crippen LogP contribution in [0.3, 0.4) is 0 Å². The minimum Gasteiger partial charge on any atom is -0.357 e. The van der Waals surface area contributed by atoms with E-state index < -0.39 is 0 Å². The Labute approximate surface area is 185 Å². The van der Waals surface area contributed by atoms with Gasteiger partial charge in [0.25, 0.3) is 0 Å². The Morgan fingerprint density at radius 3 is 2.52 bits per heavy atom. The molecule has 0 aliphatic carbocycles. The number of halogens is 1. The van der Waals surface area contributed by atoms with Crippen molar-refractivity contribution < 1.29 is 4.79 Å². The summed E-state index contributed by atoms with van der Waals surface area (Å²) in [4.78, 5) is 18.9. The van der Waals surface area contributed by atoms with Crippen LogP contribution < -0.4 is 10.6 Å². The third-order valence-electron chi connectivity index (χ3n) is 4.22. The maximum absolute atomic E-state index is 11.8. The Bertz CT molecular complexity index is 631. The smallest absolute Gasteiger partial charge is 0.226 e. The van der Waals surface area contributed by atoms with Gasteiger partial charge in [-0.3, -0.25) is 4.79 Å². The maximum Gasteiger partial charge on any atom is 0.226 e. The molecule has 0 bridgehead atoms. The molecule has 2 rings (SSSR count). The molecule has 1 amide bonds. The van der Waals surface area contributed by atoms with Crippen LogP contribution >= 0.6 is 35.7 Å². The fraction of sp³-hybridized carbons (Fsp3) is 0.600. The second kappa shape index (κ2) is 11.1. The van der Waals surface area contributed by atoms with Gasteiger partial charge in [0, 0.05) is 41.7 Å². The van der Waals surface area contributed by atoms with Gasteiger partial charge < -0.3 is 15.5 Å². The summed E-state index contributed by atoms with van der Waals surface area (Å²) in [7, 11) is 0. The molecule has 0 atom stereocenters. The molecule has 27 heavy (non-hydrogen) atoms. The summed E-state index contributed by atoms with van der Waals surface area (Å²) in [5.41, 5.74) is 1.96. The highest BCUT2D eigenvalue weighted by molar-refractivity contribution is 14.0. The molecule has 5 nitrogen and oxygen atoms in total. The number of aliphatic imine (C=N–C) groups is 1. The average molecular weight is 504 g/mol. The van der Waals surface area contributed by atoms with E-state index in [0.717, 1.165) is 42.6 Å². The second-order valence-electron chi connectivity index (χ2n) is 7.54. The number of amides is 1. The monoisotopic (exact) mass is 504 g/mol. The number of carbonyl (C=O) groups excluding carboxylic acids is 1. The van der Waals surface area contributed by atoms with Crippen molar-refractivity contribution in [1.82, 2.24) is 10.2 Å². The normalized spacial score (nSPS) is 16.7. The van der Waals surface area contributed by atoms with Crippen molar-refractivity contribution >= 4 is 53.3 Å². The summed E-state index contributed by atoms with van der Waals surface area (Å²) in [6.45, 7) is 14.0. The van der Waals surface area contributed by atoms with Gasteiger partial charge in [-0.1, -0.05) is 26.0 Å². The molecule has 0 spiro atoms. The first-order valence-electron chi connectivity index (χ1n) is 9.38. The number of hydrogen-bond donors (Lipinski definition) is 2. The van der Waals surface area contributed by atoms with E-state index in [0.29, 0.717) is 6.54 Å². The van der Waals surface area contributed by atoms with Crippen molar-refractivity contribution in [1.29, 1.82) is 0 Å². The van der Waals surface area contributed by atoms with Gasteiger partial charge in [-0.25, -0.2) is 4.99 Å². The van der Waals surface area contributed by atoms with Crippen molar-refractivity contribution in [2.24, 2.45) is 10.9 Å². The molecule has 1 saturated heterocycles. The number of benzene rings is 1. The van der Waals surface area contributed by atoms with Gasteiger partial charge in [-0.2, -0.15) is 11.8 Å². The van der Waals surface area contributed by atoms with E-state index in [9.17, 15) is 4.79 Å².